The topological polar surface area (TPSA) is 42.1 Å². The van der Waals surface area contributed by atoms with E-state index in [9.17, 15) is 4.79 Å². The van der Waals surface area contributed by atoms with Gasteiger partial charge in [-0.25, -0.2) is 0 Å². The highest BCUT2D eigenvalue weighted by molar-refractivity contribution is 9.10. The van der Waals surface area contributed by atoms with E-state index in [2.05, 4.69) is 20.9 Å². The number of ketones is 1. The van der Waals surface area contributed by atoms with Gasteiger partial charge in [-0.2, -0.15) is 0 Å². The van der Waals surface area contributed by atoms with E-state index in [0.717, 1.165) is 45.0 Å². The molecule has 1 fully saturated rings. The highest BCUT2D eigenvalue weighted by Gasteiger charge is 2.27. The minimum atomic E-state index is 0.0177. The smallest absolute Gasteiger partial charge is 0.168 e. The first kappa shape index (κ1) is 18.5. The quantitative estimate of drug-likeness (QED) is 0.475. The molecule has 0 saturated carbocycles. The van der Waals surface area contributed by atoms with Crippen LogP contribution in [-0.2, 0) is 4.74 Å². The molecule has 3 nitrogen and oxygen atoms in total. The number of benzene rings is 2. The highest BCUT2D eigenvalue weighted by Crippen LogP contribution is 2.31. The lowest BCUT2D eigenvalue weighted by Crippen LogP contribution is -2.23. The Labute approximate surface area is 171 Å². The molecule has 1 N–H and O–H groups in total. The lowest BCUT2D eigenvalue weighted by molar-refractivity contribution is 0.0546. The second-order valence-corrected chi connectivity index (χ2v) is 8.09. The van der Waals surface area contributed by atoms with Crippen LogP contribution in [0.25, 0.3) is 23.1 Å². The first-order valence-electron chi connectivity index (χ1n) is 8.98. The zero-order valence-electron chi connectivity index (χ0n) is 14.7. The summed E-state index contributed by atoms with van der Waals surface area (Å²) in [6.07, 6.45) is 5.53. The maximum absolute atomic E-state index is 13.3. The zero-order valence-corrected chi connectivity index (χ0v) is 17.0. The summed E-state index contributed by atoms with van der Waals surface area (Å²) in [7, 11) is 0. The number of aromatic amines is 1. The molecule has 5 heteroatoms. The van der Waals surface area contributed by atoms with E-state index >= 15 is 0 Å². The predicted molar refractivity (Wildman–Crippen MR) is 114 cm³/mol. The third-order valence-electron chi connectivity index (χ3n) is 4.94. The normalized spacial score (nSPS) is 15.6. The van der Waals surface area contributed by atoms with Crippen molar-refractivity contribution in [2.24, 2.45) is 5.92 Å². The van der Waals surface area contributed by atoms with E-state index in [1.165, 1.54) is 0 Å². The molecule has 1 aliphatic rings. The van der Waals surface area contributed by atoms with Crippen molar-refractivity contribution in [3.8, 4) is 0 Å². The molecule has 27 heavy (non-hydrogen) atoms. The predicted octanol–water partition coefficient (Wildman–Crippen LogP) is 6.36. The van der Waals surface area contributed by atoms with Crippen LogP contribution >= 0.6 is 27.5 Å². The monoisotopic (exact) mass is 443 g/mol. The van der Waals surface area contributed by atoms with Crippen LogP contribution in [0.3, 0.4) is 0 Å². The van der Waals surface area contributed by atoms with Gasteiger partial charge < -0.3 is 9.72 Å². The fraction of sp³-hybridized carbons (Fsp3) is 0.227. The molecule has 1 aliphatic heterocycles. The maximum Gasteiger partial charge on any atom is 0.168 e. The molecule has 4 rings (SSSR count). The minimum absolute atomic E-state index is 0.0177. The zero-order chi connectivity index (χ0) is 18.8. The largest absolute Gasteiger partial charge is 0.381 e. The van der Waals surface area contributed by atoms with Crippen LogP contribution in [0, 0.1) is 5.92 Å². The molecule has 0 unspecified atom stereocenters. The molecule has 0 spiro atoms. The summed E-state index contributed by atoms with van der Waals surface area (Å²) >= 11 is 9.47. The number of H-pyrrole nitrogens is 1. The Morgan fingerprint density at radius 1 is 1.11 bits per heavy atom. The van der Waals surface area contributed by atoms with Gasteiger partial charge in [-0.05, 0) is 48.7 Å². The van der Waals surface area contributed by atoms with Crippen LogP contribution in [0.15, 0.2) is 46.9 Å². The van der Waals surface area contributed by atoms with Crippen LogP contribution in [0.2, 0.25) is 5.02 Å². The molecular weight excluding hydrogens is 426 g/mol. The molecule has 0 radical (unpaired) electrons. The molecule has 138 valence electrons. The molecule has 0 amide bonds. The molecule has 1 aromatic heterocycles. The number of carbonyl (C=O) groups is 1. The average Bonchev–Trinajstić information content (AvgIpc) is 3.05. The van der Waals surface area contributed by atoms with Gasteiger partial charge >= 0.3 is 0 Å². The lowest BCUT2D eigenvalue weighted by Gasteiger charge is -2.21. The van der Waals surface area contributed by atoms with Gasteiger partial charge in [0.25, 0.3) is 0 Å². The average molecular weight is 445 g/mol. The number of ether oxygens (including phenoxy) is 1. The molecule has 1 saturated heterocycles. The van der Waals surface area contributed by atoms with Crippen LogP contribution < -0.4 is 0 Å². The van der Waals surface area contributed by atoms with Crippen molar-refractivity contribution >= 4 is 56.4 Å². The fourth-order valence-electron chi connectivity index (χ4n) is 3.50. The number of nitrogens with one attached hydrogen (secondary N) is 1. The van der Waals surface area contributed by atoms with Crippen molar-refractivity contribution in [3.05, 3.63) is 68.8 Å². The number of aromatic nitrogens is 1. The summed E-state index contributed by atoms with van der Waals surface area (Å²) in [5.41, 5.74) is 3.60. The number of halogens is 2. The molecular formula is C22H19BrClNO2. The van der Waals surface area contributed by atoms with Gasteiger partial charge in [0.1, 0.15) is 0 Å². The summed E-state index contributed by atoms with van der Waals surface area (Å²) < 4.78 is 6.41. The van der Waals surface area contributed by atoms with Crippen molar-refractivity contribution in [2.45, 2.75) is 12.8 Å². The van der Waals surface area contributed by atoms with Crippen molar-refractivity contribution in [3.63, 3.8) is 0 Å². The van der Waals surface area contributed by atoms with Crippen molar-refractivity contribution in [1.29, 1.82) is 0 Å². The Morgan fingerprint density at radius 3 is 2.59 bits per heavy atom. The van der Waals surface area contributed by atoms with E-state index in [-0.39, 0.29) is 11.7 Å². The van der Waals surface area contributed by atoms with E-state index in [4.69, 9.17) is 16.3 Å². The SMILES string of the molecule is O=C(c1c(C=Cc2ccc(Cl)cc2)[nH]c2cc(Br)ccc12)C1CCOCC1. The van der Waals surface area contributed by atoms with Gasteiger partial charge in [0.2, 0.25) is 0 Å². The van der Waals surface area contributed by atoms with Crippen LogP contribution in [0.5, 0.6) is 0 Å². The first-order valence-corrected chi connectivity index (χ1v) is 10.2. The number of hydrogen-bond donors (Lipinski definition) is 1. The number of hydrogen-bond acceptors (Lipinski definition) is 2. The summed E-state index contributed by atoms with van der Waals surface area (Å²) in [5.74, 6) is 0.215. The highest BCUT2D eigenvalue weighted by atomic mass is 79.9. The van der Waals surface area contributed by atoms with Crippen LogP contribution in [0.4, 0.5) is 0 Å². The van der Waals surface area contributed by atoms with Gasteiger partial charge in [-0.3, -0.25) is 4.79 Å². The minimum Gasteiger partial charge on any atom is -0.381 e. The van der Waals surface area contributed by atoms with Gasteiger partial charge in [0.15, 0.2) is 5.78 Å². The number of rotatable bonds is 4. The first-order chi connectivity index (χ1) is 13.1. The Kier molecular flexibility index (Phi) is 5.48. The molecule has 2 heterocycles. The summed E-state index contributed by atoms with van der Waals surface area (Å²) in [4.78, 5) is 16.7. The maximum atomic E-state index is 13.3. The van der Waals surface area contributed by atoms with Gasteiger partial charge in [0.05, 0.1) is 11.3 Å². The summed E-state index contributed by atoms with van der Waals surface area (Å²) in [6, 6.07) is 13.6. The molecule has 2 aromatic carbocycles. The van der Waals surface area contributed by atoms with Crippen molar-refractivity contribution < 1.29 is 9.53 Å². The third kappa shape index (κ3) is 4.03. The molecule has 0 bridgehead atoms. The molecule has 0 aliphatic carbocycles. The summed E-state index contributed by atoms with van der Waals surface area (Å²) in [5, 5.41) is 1.67. The van der Waals surface area contributed by atoms with Gasteiger partial charge in [-0.1, -0.05) is 51.8 Å². The van der Waals surface area contributed by atoms with E-state index in [1.807, 2.05) is 54.6 Å². The lowest BCUT2D eigenvalue weighted by atomic mass is 9.89. The Hall–Kier alpha value is -1.88. The number of carbonyl (C=O) groups excluding carboxylic acids is 1. The molecule has 3 aromatic rings. The second kappa shape index (κ2) is 8.01. The van der Waals surface area contributed by atoms with Crippen molar-refractivity contribution in [2.75, 3.05) is 13.2 Å². The van der Waals surface area contributed by atoms with E-state index in [1.54, 1.807) is 0 Å². The molecule has 0 atom stereocenters. The Bertz CT molecular complexity index is 1000. The van der Waals surface area contributed by atoms with Crippen LogP contribution in [-0.4, -0.2) is 24.0 Å². The Morgan fingerprint density at radius 2 is 1.85 bits per heavy atom. The fourth-order valence-corrected chi connectivity index (χ4v) is 3.99. The second-order valence-electron chi connectivity index (χ2n) is 6.74. The van der Waals surface area contributed by atoms with E-state index < -0.39 is 0 Å². The summed E-state index contributed by atoms with van der Waals surface area (Å²) in [6.45, 7) is 1.31. The third-order valence-corrected chi connectivity index (χ3v) is 5.69. The van der Waals surface area contributed by atoms with Crippen molar-refractivity contribution in [1.82, 2.24) is 4.98 Å². The van der Waals surface area contributed by atoms with Gasteiger partial charge in [-0.15, -0.1) is 0 Å². The van der Waals surface area contributed by atoms with Gasteiger partial charge in [0, 0.05) is 39.5 Å². The standard InChI is InChI=1S/C22H19BrClNO2/c23-16-4-7-18-20(13-16)25-19(8-3-14-1-5-17(24)6-2-14)21(18)22(26)15-9-11-27-12-10-15/h1-8,13,15,25H,9-12H2. The van der Waals surface area contributed by atoms with E-state index in [0.29, 0.717) is 18.2 Å². The Balaban J connectivity index is 1.76. The van der Waals surface area contributed by atoms with Crippen LogP contribution in [0.1, 0.15) is 34.5 Å². The number of fused-ring (bicyclic) bond motifs is 1. The number of Topliss-reactive ketones (excluding diaryl/α,β-unsaturated/α-hetero) is 1.